The highest BCUT2D eigenvalue weighted by Gasteiger charge is 2.47. The molecule has 0 spiro atoms. The summed E-state index contributed by atoms with van der Waals surface area (Å²) in [6.07, 6.45) is 1.14. The van der Waals surface area contributed by atoms with Crippen LogP contribution in [0.3, 0.4) is 0 Å². The molecule has 0 N–H and O–H groups in total. The Morgan fingerprint density at radius 2 is 1.03 bits per heavy atom. The van der Waals surface area contributed by atoms with E-state index in [2.05, 4.69) is 237 Å². The van der Waals surface area contributed by atoms with Crippen LogP contribution in [-0.4, -0.2) is 6.71 Å². The SMILES string of the molecule is Cc1cc2c3c(c1)N(c1ccc(C(C)(C)C)cc1-c1ccc4c(c1)C(C)(C)CC4(C)C)c1c(sc4ccc(C(C)(C)C)cc14)B3c1cc(C(C)(C)C)ccc1N2c1ccc(C(C)(C)C)cc1. The fourth-order valence-electron chi connectivity index (χ4n) is 11.8. The van der Waals surface area contributed by atoms with Crippen LogP contribution in [0.4, 0.5) is 34.1 Å². The van der Waals surface area contributed by atoms with Gasteiger partial charge in [-0.25, -0.2) is 0 Å². The van der Waals surface area contributed by atoms with Gasteiger partial charge in [0, 0.05) is 43.2 Å². The first-order valence-electron chi connectivity index (χ1n) is 24.5. The zero-order valence-electron chi connectivity index (χ0n) is 43.0. The molecule has 4 heteroatoms. The van der Waals surface area contributed by atoms with E-state index in [1.807, 2.05) is 11.3 Å². The molecule has 0 unspecified atom stereocenters. The van der Waals surface area contributed by atoms with Crippen LogP contribution in [0, 0.1) is 6.92 Å². The fourth-order valence-corrected chi connectivity index (χ4v) is 13.1. The van der Waals surface area contributed by atoms with Gasteiger partial charge in [0.1, 0.15) is 0 Å². The molecule has 338 valence electrons. The van der Waals surface area contributed by atoms with Gasteiger partial charge in [0.05, 0.1) is 11.4 Å². The third kappa shape index (κ3) is 7.10. The Hall–Kier alpha value is -5.06. The summed E-state index contributed by atoms with van der Waals surface area (Å²) >= 11 is 2.00. The van der Waals surface area contributed by atoms with Gasteiger partial charge in [-0.2, -0.15) is 0 Å². The molecule has 7 aromatic rings. The molecule has 0 bridgehead atoms. The van der Waals surface area contributed by atoms with Crippen LogP contribution < -0.4 is 25.5 Å². The molecule has 0 atom stereocenters. The molecule has 6 aromatic carbocycles. The topological polar surface area (TPSA) is 6.48 Å². The van der Waals surface area contributed by atoms with Crippen molar-refractivity contribution in [2.45, 2.75) is 157 Å². The Bertz CT molecular complexity index is 3110. The maximum Gasteiger partial charge on any atom is 0.264 e. The molecule has 0 radical (unpaired) electrons. The van der Waals surface area contributed by atoms with Crippen LogP contribution in [-0.2, 0) is 32.5 Å². The van der Waals surface area contributed by atoms with Gasteiger partial charge in [-0.3, -0.25) is 0 Å². The van der Waals surface area contributed by atoms with Crippen LogP contribution in [0.25, 0.3) is 21.2 Å². The molecule has 10 rings (SSSR count). The third-order valence-corrected chi connectivity index (χ3v) is 16.5. The monoisotopic (exact) mass is 887 g/mol. The van der Waals surface area contributed by atoms with E-state index in [0.29, 0.717) is 0 Å². The summed E-state index contributed by atoms with van der Waals surface area (Å²) in [5.74, 6) is 0. The van der Waals surface area contributed by atoms with Crippen LogP contribution in [0.1, 0.15) is 156 Å². The van der Waals surface area contributed by atoms with E-state index >= 15 is 0 Å². The van der Waals surface area contributed by atoms with Gasteiger partial charge < -0.3 is 9.80 Å². The summed E-state index contributed by atoms with van der Waals surface area (Å²) in [5, 5.41) is 1.34. The Morgan fingerprint density at radius 1 is 0.500 bits per heavy atom. The van der Waals surface area contributed by atoms with E-state index in [0.717, 1.165) is 6.42 Å². The number of thiophene rings is 1. The van der Waals surface area contributed by atoms with Gasteiger partial charge in [0.25, 0.3) is 6.71 Å². The number of anilines is 6. The van der Waals surface area contributed by atoms with E-state index < -0.39 is 0 Å². The Morgan fingerprint density at radius 3 is 1.65 bits per heavy atom. The molecule has 3 heterocycles. The molecule has 0 fully saturated rings. The summed E-state index contributed by atoms with van der Waals surface area (Å²) in [6, 6.07) is 43.9. The maximum atomic E-state index is 2.71. The van der Waals surface area contributed by atoms with Crippen LogP contribution in [0.15, 0.2) is 109 Å². The normalized spacial score (nSPS) is 16.3. The quantitative estimate of drug-likeness (QED) is 0.163. The van der Waals surface area contributed by atoms with Crippen molar-refractivity contribution in [3.63, 3.8) is 0 Å². The minimum absolute atomic E-state index is 0.00320. The van der Waals surface area contributed by atoms with Crippen molar-refractivity contribution in [1.29, 1.82) is 0 Å². The third-order valence-electron chi connectivity index (χ3n) is 15.3. The van der Waals surface area contributed by atoms with Gasteiger partial charge in [-0.1, -0.05) is 165 Å². The molecular formula is C62H71BN2S. The lowest BCUT2D eigenvalue weighted by Gasteiger charge is -2.44. The molecule has 1 aromatic heterocycles. The van der Waals surface area contributed by atoms with Gasteiger partial charge in [-0.15, -0.1) is 11.3 Å². The molecule has 2 aliphatic heterocycles. The minimum atomic E-state index is -0.0277. The molecule has 0 amide bonds. The van der Waals surface area contributed by atoms with Gasteiger partial charge in [-0.05, 0) is 156 Å². The van der Waals surface area contributed by atoms with Crippen LogP contribution in [0.5, 0.6) is 0 Å². The molecule has 66 heavy (non-hydrogen) atoms. The van der Waals surface area contributed by atoms with Crippen molar-refractivity contribution in [2.75, 3.05) is 9.80 Å². The summed E-state index contributed by atoms with van der Waals surface area (Å²) in [6.45, 7) is 40.2. The van der Waals surface area contributed by atoms with Crippen LogP contribution in [0.2, 0.25) is 0 Å². The Kier molecular flexibility index (Phi) is 9.82. The smallest absolute Gasteiger partial charge is 0.264 e. The highest BCUT2D eigenvalue weighted by atomic mass is 32.1. The van der Waals surface area contributed by atoms with E-state index in [-0.39, 0.29) is 39.2 Å². The lowest BCUT2D eigenvalue weighted by atomic mass is 9.36. The van der Waals surface area contributed by atoms with Crippen molar-refractivity contribution >= 4 is 78.0 Å². The average Bonchev–Trinajstić information content (AvgIpc) is 3.68. The predicted octanol–water partition coefficient (Wildman–Crippen LogP) is 16.1. The minimum Gasteiger partial charge on any atom is -0.311 e. The number of aryl methyl sites for hydroxylation is 1. The highest BCUT2D eigenvalue weighted by Crippen LogP contribution is 2.54. The highest BCUT2D eigenvalue weighted by molar-refractivity contribution is 7.33. The molecule has 0 saturated carbocycles. The predicted molar refractivity (Wildman–Crippen MR) is 291 cm³/mol. The van der Waals surface area contributed by atoms with E-state index in [1.165, 1.54) is 110 Å². The first kappa shape index (κ1) is 44.8. The second kappa shape index (κ2) is 14.5. The fraction of sp³-hybridized carbons (Fsp3) is 0.387. The first-order chi connectivity index (χ1) is 30.6. The van der Waals surface area contributed by atoms with Crippen molar-refractivity contribution < 1.29 is 0 Å². The zero-order valence-corrected chi connectivity index (χ0v) is 43.8. The Labute approximate surface area is 401 Å². The second-order valence-corrected chi connectivity index (χ2v) is 26.7. The lowest BCUT2D eigenvalue weighted by Crippen LogP contribution is -2.60. The average molecular weight is 887 g/mol. The number of hydrogen-bond donors (Lipinski definition) is 0. The molecule has 2 nitrogen and oxygen atoms in total. The number of nitrogens with zero attached hydrogens (tertiary/aromatic N) is 2. The standard InChI is InChI=1S/C62H71BN2S/c1-37-30-51-54-52(31-37)65(49-27-21-40(58(5,6)7)33-44(49)38-18-26-46-47(32-38)62(16,17)36-61(46,14)15)55-45-34-41(59(8,9)10)23-29-53(45)66-56(55)63(54)48-35-42(60(11,12)13)22-28-50(48)64(51)43-24-19-39(20-25-43)57(2,3)4/h18-35H,36H2,1-17H3. The summed E-state index contributed by atoms with van der Waals surface area (Å²) in [7, 11) is 0. The largest absolute Gasteiger partial charge is 0.311 e. The molecule has 0 saturated heterocycles. The second-order valence-electron chi connectivity index (χ2n) is 25.6. The van der Waals surface area contributed by atoms with Gasteiger partial charge in [0.15, 0.2) is 0 Å². The van der Waals surface area contributed by atoms with E-state index in [1.54, 1.807) is 0 Å². The molecule has 3 aliphatic rings. The number of rotatable bonds is 3. The summed E-state index contributed by atoms with van der Waals surface area (Å²) < 4.78 is 2.76. The van der Waals surface area contributed by atoms with Crippen molar-refractivity contribution in [3.05, 3.63) is 148 Å². The van der Waals surface area contributed by atoms with Crippen molar-refractivity contribution in [1.82, 2.24) is 0 Å². The van der Waals surface area contributed by atoms with E-state index in [9.17, 15) is 0 Å². The number of fused-ring (bicyclic) bond motifs is 7. The zero-order chi connectivity index (χ0) is 47.4. The lowest BCUT2D eigenvalue weighted by molar-refractivity contribution is 0.403. The van der Waals surface area contributed by atoms with Crippen molar-refractivity contribution in [3.8, 4) is 11.1 Å². The summed E-state index contributed by atoms with van der Waals surface area (Å²) in [4.78, 5) is 5.30. The molecular weight excluding hydrogens is 816 g/mol. The maximum absolute atomic E-state index is 2.71. The number of benzene rings is 6. The molecule has 1 aliphatic carbocycles. The van der Waals surface area contributed by atoms with Gasteiger partial charge in [0.2, 0.25) is 0 Å². The first-order valence-corrected chi connectivity index (χ1v) is 25.3. The van der Waals surface area contributed by atoms with Gasteiger partial charge >= 0.3 is 0 Å². The summed E-state index contributed by atoms with van der Waals surface area (Å²) in [5.41, 5.74) is 22.8. The van der Waals surface area contributed by atoms with Crippen molar-refractivity contribution in [2.24, 2.45) is 0 Å². The number of hydrogen-bond acceptors (Lipinski definition) is 3. The van der Waals surface area contributed by atoms with Crippen LogP contribution >= 0.6 is 11.3 Å². The van der Waals surface area contributed by atoms with E-state index in [4.69, 9.17) is 0 Å². The Balaban J connectivity index is 1.33.